The van der Waals surface area contributed by atoms with E-state index in [4.69, 9.17) is 9.47 Å². The van der Waals surface area contributed by atoms with Crippen molar-refractivity contribution in [2.24, 2.45) is 0 Å². The quantitative estimate of drug-likeness (QED) is 0.821. The van der Waals surface area contributed by atoms with Gasteiger partial charge in [-0.2, -0.15) is 0 Å². The highest BCUT2D eigenvalue weighted by Gasteiger charge is 2.26. The van der Waals surface area contributed by atoms with Crippen LogP contribution in [0.3, 0.4) is 0 Å². The van der Waals surface area contributed by atoms with E-state index < -0.39 is 11.7 Å². The summed E-state index contributed by atoms with van der Waals surface area (Å²) in [5, 5.41) is 11.3. The molecule has 2 aromatic rings. The topological polar surface area (TPSA) is 75.1 Å². The second-order valence-corrected chi connectivity index (χ2v) is 9.33. The molecule has 0 radical (unpaired) electrons. The van der Waals surface area contributed by atoms with E-state index in [9.17, 15) is 9.90 Å². The number of aryl methyl sites for hydroxylation is 1. The van der Waals surface area contributed by atoms with Crippen molar-refractivity contribution in [1.82, 2.24) is 14.8 Å². The van der Waals surface area contributed by atoms with E-state index in [1.807, 2.05) is 45.9 Å². The molecule has 2 heterocycles. The lowest BCUT2D eigenvalue weighted by Crippen LogP contribution is -2.51. The molecule has 0 saturated carbocycles. The molecular formula is C20H29N3O4S. The van der Waals surface area contributed by atoms with Crippen molar-refractivity contribution >= 4 is 27.6 Å². The molecule has 1 aromatic heterocycles. The molecule has 0 aliphatic carbocycles. The van der Waals surface area contributed by atoms with Gasteiger partial charge in [-0.25, -0.2) is 9.78 Å². The van der Waals surface area contributed by atoms with Crippen molar-refractivity contribution in [2.75, 3.05) is 39.3 Å². The van der Waals surface area contributed by atoms with Gasteiger partial charge in [0.15, 0.2) is 0 Å². The minimum absolute atomic E-state index is 0.223. The number of aromatic nitrogens is 1. The maximum atomic E-state index is 12.1. The van der Waals surface area contributed by atoms with Gasteiger partial charge in [-0.05, 0) is 39.8 Å². The summed E-state index contributed by atoms with van der Waals surface area (Å²) < 4.78 is 12.3. The molecule has 1 atom stereocenters. The van der Waals surface area contributed by atoms with Crippen molar-refractivity contribution in [3.05, 3.63) is 23.2 Å². The molecule has 0 spiro atoms. The third-order valence-corrected chi connectivity index (χ3v) is 5.35. The van der Waals surface area contributed by atoms with Gasteiger partial charge in [-0.1, -0.05) is 0 Å². The Morgan fingerprint density at radius 2 is 2.00 bits per heavy atom. The van der Waals surface area contributed by atoms with E-state index >= 15 is 0 Å². The van der Waals surface area contributed by atoms with Gasteiger partial charge in [0, 0.05) is 38.8 Å². The number of benzene rings is 1. The summed E-state index contributed by atoms with van der Waals surface area (Å²) in [5.41, 5.74) is 0.440. The first kappa shape index (κ1) is 20.8. The fraction of sp³-hybridized carbons (Fsp3) is 0.600. The molecule has 1 saturated heterocycles. The molecule has 1 amide bonds. The average molecular weight is 408 g/mol. The van der Waals surface area contributed by atoms with Crippen molar-refractivity contribution < 1.29 is 19.4 Å². The normalized spacial score (nSPS) is 17.0. The lowest BCUT2D eigenvalue weighted by Gasteiger charge is -2.36. The van der Waals surface area contributed by atoms with E-state index in [0.717, 1.165) is 15.2 Å². The zero-order chi connectivity index (χ0) is 20.3. The maximum Gasteiger partial charge on any atom is 0.410 e. The number of fused-ring (bicyclic) bond motifs is 1. The Bertz CT molecular complexity index is 809. The molecular weight excluding hydrogens is 378 g/mol. The van der Waals surface area contributed by atoms with Gasteiger partial charge >= 0.3 is 6.09 Å². The minimum Gasteiger partial charge on any atom is -0.491 e. The number of hydrogen-bond acceptors (Lipinski definition) is 7. The van der Waals surface area contributed by atoms with Crippen LogP contribution in [0.2, 0.25) is 0 Å². The van der Waals surface area contributed by atoms with Gasteiger partial charge in [0.25, 0.3) is 0 Å². The Morgan fingerprint density at radius 3 is 2.68 bits per heavy atom. The lowest BCUT2D eigenvalue weighted by molar-refractivity contribution is 0.00713. The third kappa shape index (κ3) is 5.80. The number of piperazine rings is 1. The first-order valence-corrected chi connectivity index (χ1v) is 10.4. The molecule has 1 N–H and O–H groups in total. The number of hydrogen-bond donors (Lipinski definition) is 1. The maximum absolute atomic E-state index is 12.1. The zero-order valence-electron chi connectivity index (χ0n) is 17.0. The van der Waals surface area contributed by atoms with Crippen molar-refractivity contribution in [3.8, 4) is 5.75 Å². The monoisotopic (exact) mass is 407 g/mol. The molecule has 1 aliphatic heterocycles. The lowest BCUT2D eigenvalue weighted by atomic mass is 10.2. The Kier molecular flexibility index (Phi) is 6.42. The molecule has 28 heavy (non-hydrogen) atoms. The summed E-state index contributed by atoms with van der Waals surface area (Å²) in [4.78, 5) is 20.4. The fourth-order valence-corrected chi connectivity index (χ4v) is 3.90. The van der Waals surface area contributed by atoms with Crippen LogP contribution in [-0.4, -0.2) is 77.0 Å². The van der Waals surface area contributed by atoms with Crippen LogP contribution in [0, 0.1) is 6.92 Å². The molecule has 8 heteroatoms. The van der Waals surface area contributed by atoms with Gasteiger partial charge < -0.3 is 19.5 Å². The van der Waals surface area contributed by atoms with Crippen LogP contribution in [0.15, 0.2) is 18.2 Å². The van der Waals surface area contributed by atoms with Gasteiger partial charge in [0.05, 0.1) is 15.2 Å². The van der Waals surface area contributed by atoms with Crippen LogP contribution >= 0.6 is 11.3 Å². The predicted molar refractivity (Wildman–Crippen MR) is 110 cm³/mol. The van der Waals surface area contributed by atoms with Crippen LogP contribution < -0.4 is 4.74 Å². The van der Waals surface area contributed by atoms with Crippen LogP contribution in [-0.2, 0) is 4.74 Å². The van der Waals surface area contributed by atoms with E-state index in [1.54, 1.807) is 16.2 Å². The molecule has 3 rings (SSSR count). The van der Waals surface area contributed by atoms with E-state index in [1.165, 1.54) is 0 Å². The highest BCUT2D eigenvalue weighted by molar-refractivity contribution is 7.18. The minimum atomic E-state index is -0.596. The predicted octanol–water partition coefficient (Wildman–Crippen LogP) is 2.90. The highest BCUT2D eigenvalue weighted by Crippen LogP contribution is 2.25. The van der Waals surface area contributed by atoms with Gasteiger partial charge in [0.2, 0.25) is 0 Å². The van der Waals surface area contributed by atoms with Crippen LogP contribution in [0.1, 0.15) is 25.8 Å². The van der Waals surface area contributed by atoms with Crippen LogP contribution in [0.5, 0.6) is 5.75 Å². The van der Waals surface area contributed by atoms with E-state index in [2.05, 4.69) is 9.88 Å². The van der Waals surface area contributed by atoms with Gasteiger partial charge in [-0.15, -0.1) is 11.3 Å². The second kappa shape index (κ2) is 8.63. The summed E-state index contributed by atoms with van der Waals surface area (Å²) in [6.45, 7) is 10.9. The van der Waals surface area contributed by atoms with Crippen LogP contribution in [0.25, 0.3) is 10.2 Å². The summed E-state index contributed by atoms with van der Waals surface area (Å²) in [6, 6.07) is 5.81. The third-order valence-electron chi connectivity index (χ3n) is 4.40. The molecule has 1 aliphatic rings. The number of β-amino-alcohol motifs (C(OH)–C–C–N with tert-alkyl or cyclic N) is 1. The van der Waals surface area contributed by atoms with Crippen molar-refractivity contribution in [2.45, 2.75) is 39.4 Å². The average Bonchev–Trinajstić information content (AvgIpc) is 2.98. The second-order valence-electron chi connectivity index (χ2n) is 8.10. The van der Waals surface area contributed by atoms with E-state index in [0.29, 0.717) is 38.5 Å². The molecule has 1 aromatic carbocycles. The molecule has 0 unspecified atom stereocenters. The van der Waals surface area contributed by atoms with Crippen LogP contribution in [0.4, 0.5) is 4.79 Å². The Morgan fingerprint density at radius 1 is 1.29 bits per heavy atom. The SMILES string of the molecule is Cc1nc2cc(OC[C@H](O)CN3CCN(C(=O)OC(C)(C)C)CC3)ccc2s1. The summed E-state index contributed by atoms with van der Waals surface area (Å²) in [7, 11) is 0. The Labute approximate surface area is 169 Å². The van der Waals surface area contributed by atoms with E-state index in [-0.39, 0.29) is 12.7 Å². The Hall–Kier alpha value is -1.90. The first-order valence-electron chi connectivity index (χ1n) is 9.58. The summed E-state index contributed by atoms with van der Waals surface area (Å²) >= 11 is 1.65. The number of aliphatic hydroxyl groups excluding tert-OH is 1. The Balaban J connectivity index is 1.41. The molecule has 154 valence electrons. The number of rotatable bonds is 5. The van der Waals surface area contributed by atoms with Crippen molar-refractivity contribution in [1.29, 1.82) is 0 Å². The summed E-state index contributed by atoms with van der Waals surface area (Å²) in [5.74, 6) is 0.714. The summed E-state index contributed by atoms with van der Waals surface area (Å²) in [6.07, 6.45) is -0.871. The first-order chi connectivity index (χ1) is 13.2. The number of carbonyl (C=O) groups excluding carboxylic acids is 1. The number of ether oxygens (including phenoxy) is 2. The standard InChI is InChI=1S/C20H29N3O4S/c1-14-21-17-11-16(5-6-18(17)28-14)26-13-15(24)12-22-7-9-23(10-8-22)19(25)27-20(2,3)4/h5-6,11,15,24H,7-10,12-13H2,1-4H3/t15-/m1/s1. The van der Waals surface area contributed by atoms with Gasteiger partial charge in [0.1, 0.15) is 24.1 Å². The molecule has 1 fully saturated rings. The highest BCUT2D eigenvalue weighted by atomic mass is 32.1. The number of thiazole rings is 1. The number of aliphatic hydroxyl groups is 1. The number of nitrogens with zero attached hydrogens (tertiary/aromatic N) is 3. The van der Waals surface area contributed by atoms with Gasteiger partial charge in [-0.3, -0.25) is 4.90 Å². The van der Waals surface area contributed by atoms with Crippen molar-refractivity contribution in [3.63, 3.8) is 0 Å². The number of amides is 1. The molecule has 0 bridgehead atoms. The largest absolute Gasteiger partial charge is 0.491 e. The fourth-order valence-electron chi connectivity index (χ4n) is 3.09. The molecule has 7 nitrogen and oxygen atoms in total. The zero-order valence-corrected chi connectivity index (χ0v) is 17.8. The smallest absolute Gasteiger partial charge is 0.410 e. The number of carbonyl (C=O) groups is 1.